The molecule has 6 nitrogen and oxygen atoms in total. The zero-order valence-electron chi connectivity index (χ0n) is 16.8. The molecule has 1 amide bonds. The first-order valence-corrected chi connectivity index (χ1v) is 9.15. The first-order chi connectivity index (χ1) is 12.5. The fourth-order valence-electron chi connectivity index (χ4n) is 2.83. The molecule has 1 aliphatic rings. The van der Waals surface area contributed by atoms with Gasteiger partial charge in [-0.05, 0) is 45.1 Å². The van der Waals surface area contributed by atoms with Gasteiger partial charge in [-0.1, -0.05) is 32.1 Å². The SMILES string of the molecule is C=CCC(NC(=O)OC(C)(C)C)c1ncc(C2=CC(C)(C)CC=CC2=N)[nH]1. The maximum absolute atomic E-state index is 12.1. The molecule has 1 aromatic rings. The molecular formula is C21H30N4O2. The van der Waals surface area contributed by atoms with Crippen molar-refractivity contribution in [3.8, 4) is 0 Å². The first-order valence-electron chi connectivity index (χ1n) is 9.15. The largest absolute Gasteiger partial charge is 0.444 e. The second-order valence-electron chi connectivity index (χ2n) is 8.47. The lowest BCUT2D eigenvalue weighted by Gasteiger charge is -2.22. The van der Waals surface area contributed by atoms with Gasteiger partial charge in [0, 0.05) is 5.57 Å². The number of alkyl carbamates (subject to hydrolysis) is 1. The number of aromatic amines is 1. The molecule has 0 bridgehead atoms. The number of H-pyrrole nitrogens is 1. The molecular weight excluding hydrogens is 340 g/mol. The molecule has 0 aliphatic heterocycles. The van der Waals surface area contributed by atoms with Gasteiger partial charge < -0.3 is 20.4 Å². The topological polar surface area (TPSA) is 90.9 Å². The third kappa shape index (κ3) is 5.94. The predicted octanol–water partition coefficient (Wildman–Crippen LogP) is 4.94. The van der Waals surface area contributed by atoms with Gasteiger partial charge >= 0.3 is 6.09 Å². The van der Waals surface area contributed by atoms with Gasteiger partial charge in [-0.15, -0.1) is 6.58 Å². The van der Waals surface area contributed by atoms with Crippen LogP contribution in [0.5, 0.6) is 0 Å². The van der Waals surface area contributed by atoms with Gasteiger partial charge in [-0.3, -0.25) is 0 Å². The Bertz CT molecular complexity index is 778. The molecule has 0 saturated carbocycles. The molecule has 0 spiro atoms. The molecule has 146 valence electrons. The van der Waals surface area contributed by atoms with Crippen molar-refractivity contribution in [3.05, 3.63) is 48.6 Å². The number of aromatic nitrogens is 2. The summed E-state index contributed by atoms with van der Waals surface area (Å²) in [4.78, 5) is 19.8. The summed E-state index contributed by atoms with van der Waals surface area (Å²) in [7, 11) is 0. The van der Waals surface area contributed by atoms with E-state index in [4.69, 9.17) is 10.1 Å². The third-order valence-electron chi connectivity index (χ3n) is 4.06. The van der Waals surface area contributed by atoms with Crippen molar-refractivity contribution in [2.45, 2.75) is 59.1 Å². The highest BCUT2D eigenvalue weighted by Crippen LogP contribution is 2.31. The standard InChI is InChI=1S/C21H30N4O2/c1-7-9-16(25-19(26)27-20(2,3)4)18-23-13-17(24-18)14-12-21(5,6)11-8-10-15(14)22/h7-8,10,12-13,16,22H,1,9,11H2,2-6H3,(H,23,24)(H,25,26). The molecule has 1 aliphatic carbocycles. The summed E-state index contributed by atoms with van der Waals surface area (Å²) in [5.41, 5.74) is 1.39. The van der Waals surface area contributed by atoms with E-state index in [2.05, 4.69) is 41.8 Å². The van der Waals surface area contributed by atoms with E-state index < -0.39 is 11.7 Å². The van der Waals surface area contributed by atoms with Gasteiger partial charge in [0.05, 0.1) is 23.6 Å². The van der Waals surface area contributed by atoms with Crippen molar-refractivity contribution < 1.29 is 9.53 Å². The summed E-state index contributed by atoms with van der Waals surface area (Å²) < 4.78 is 5.34. The fraction of sp³-hybridized carbons (Fsp3) is 0.476. The summed E-state index contributed by atoms with van der Waals surface area (Å²) in [6.07, 6.45) is 10.2. The Labute approximate surface area is 161 Å². The van der Waals surface area contributed by atoms with Crippen molar-refractivity contribution in [2.24, 2.45) is 5.41 Å². The van der Waals surface area contributed by atoms with Crippen LogP contribution in [0.3, 0.4) is 0 Å². The number of carbonyl (C=O) groups is 1. The van der Waals surface area contributed by atoms with E-state index in [-0.39, 0.29) is 11.5 Å². The van der Waals surface area contributed by atoms with E-state index >= 15 is 0 Å². The van der Waals surface area contributed by atoms with Gasteiger partial charge in [0.15, 0.2) is 0 Å². The second-order valence-corrected chi connectivity index (χ2v) is 8.47. The van der Waals surface area contributed by atoms with E-state index in [0.29, 0.717) is 18.0 Å². The Morgan fingerprint density at radius 3 is 2.85 bits per heavy atom. The minimum atomic E-state index is -0.574. The van der Waals surface area contributed by atoms with E-state index in [0.717, 1.165) is 17.7 Å². The molecule has 1 heterocycles. The van der Waals surface area contributed by atoms with Gasteiger partial charge in [0.25, 0.3) is 0 Å². The first kappa shape index (κ1) is 20.7. The number of hydrogen-bond acceptors (Lipinski definition) is 4. The summed E-state index contributed by atoms with van der Waals surface area (Å²) in [6.45, 7) is 13.5. The number of nitrogens with zero attached hydrogens (tertiary/aromatic N) is 1. The Balaban J connectivity index is 2.26. The van der Waals surface area contributed by atoms with E-state index in [1.807, 2.05) is 32.9 Å². The second kappa shape index (κ2) is 7.94. The number of rotatable bonds is 5. The van der Waals surface area contributed by atoms with Crippen molar-refractivity contribution in [1.82, 2.24) is 15.3 Å². The van der Waals surface area contributed by atoms with Crippen LogP contribution in [0.15, 0.2) is 37.1 Å². The molecule has 0 saturated heterocycles. The van der Waals surface area contributed by atoms with E-state index in [1.54, 1.807) is 12.3 Å². The molecule has 3 N–H and O–H groups in total. The number of amides is 1. The van der Waals surface area contributed by atoms with Crippen LogP contribution in [0.4, 0.5) is 4.79 Å². The van der Waals surface area contributed by atoms with Crippen LogP contribution < -0.4 is 5.32 Å². The Hall–Kier alpha value is -2.63. The molecule has 0 radical (unpaired) electrons. The molecule has 0 aromatic carbocycles. The minimum absolute atomic E-state index is 0.0464. The minimum Gasteiger partial charge on any atom is -0.444 e. The highest BCUT2D eigenvalue weighted by atomic mass is 16.6. The molecule has 1 unspecified atom stereocenters. The summed E-state index contributed by atoms with van der Waals surface area (Å²) in [5.74, 6) is 0.607. The van der Waals surface area contributed by atoms with Crippen LogP contribution in [0.2, 0.25) is 0 Å². The average molecular weight is 370 g/mol. The number of carbonyl (C=O) groups excluding carboxylic acids is 1. The van der Waals surface area contributed by atoms with Crippen molar-refractivity contribution in [3.63, 3.8) is 0 Å². The lowest BCUT2D eigenvalue weighted by molar-refractivity contribution is 0.0502. The number of hydrogen-bond donors (Lipinski definition) is 3. The quantitative estimate of drug-likeness (QED) is 0.641. The highest BCUT2D eigenvalue weighted by molar-refractivity contribution is 6.27. The predicted molar refractivity (Wildman–Crippen MR) is 109 cm³/mol. The van der Waals surface area contributed by atoms with Crippen LogP contribution in [0, 0.1) is 10.8 Å². The lowest BCUT2D eigenvalue weighted by atomic mass is 9.87. The smallest absolute Gasteiger partial charge is 0.408 e. The number of imidazole rings is 1. The van der Waals surface area contributed by atoms with Crippen LogP contribution in [-0.4, -0.2) is 27.4 Å². The Morgan fingerprint density at radius 2 is 2.22 bits per heavy atom. The summed E-state index contributed by atoms with van der Waals surface area (Å²) in [6, 6.07) is -0.379. The van der Waals surface area contributed by atoms with Crippen LogP contribution >= 0.6 is 0 Å². The van der Waals surface area contributed by atoms with Crippen molar-refractivity contribution in [2.75, 3.05) is 0 Å². The average Bonchev–Trinajstić information content (AvgIpc) is 2.94. The zero-order valence-corrected chi connectivity index (χ0v) is 16.8. The van der Waals surface area contributed by atoms with Crippen molar-refractivity contribution in [1.29, 1.82) is 5.41 Å². The van der Waals surface area contributed by atoms with Crippen LogP contribution in [0.25, 0.3) is 5.57 Å². The van der Waals surface area contributed by atoms with Gasteiger partial charge in [-0.2, -0.15) is 0 Å². The number of nitrogens with one attached hydrogen (secondary N) is 3. The van der Waals surface area contributed by atoms with Gasteiger partial charge in [0.2, 0.25) is 0 Å². The molecule has 2 rings (SSSR count). The molecule has 27 heavy (non-hydrogen) atoms. The van der Waals surface area contributed by atoms with E-state index in [9.17, 15) is 4.79 Å². The number of ether oxygens (including phenoxy) is 1. The lowest BCUT2D eigenvalue weighted by Crippen LogP contribution is -2.35. The Kier molecular flexibility index (Phi) is 6.08. The summed E-state index contributed by atoms with van der Waals surface area (Å²) in [5, 5.41) is 11.1. The normalized spacial score (nSPS) is 17.7. The fourth-order valence-corrected chi connectivity index (χ4v) is 2.83. The molecule has 6 heteroatoms. The molecule has 1 atom stereocenters. The van der Waals surface area contributed by atoms with E-state index in [1.165, 1.54) is 0 Å². The van der Waals surface area contributed by atoms with Crippen LogP contribution in [0.1, 0.15) is 65.0 Å². The van der Waals surface area contributed by atoms with Crippen LogP contribution in [-0.2, 0) is 4.74 Å². The number of allylic oxidation sites excluding steroid dienone is 4. The molecule has 1 aromatic heterocycles. The third-order valence-corrected chi connectivity index (χ3v) is 4.06. The molecule has 0 fully saturated rings. The Morgan fingerprint density at radius 1 is 1.52 bits per heavy atom. The highest BCUT2D eigenvalue weighted by Gasteiger charge is 2.24. The van der Waals surface area contributed by atoms with Crippen molar-refractivity contribution >= 4 is 17.4 Å². The van der Waals surface area contributed by atoms with Gasteiger partial charge in [0.1, 0.15) is 11.4 Å². The van der Waals surface area contributed by atoms with Gasteiger partial charge in [-0.25, -0.2) is 9.78 Å². The maximum Gasteiger partial charge on any atom is 0.408 e. The summed E-state index contributed by atoms with van der Waals surface area (Å²) >= 11 is 0. The monoisotopic (exact) mass is 370 g/mol. The zero-order chi connectivity index (χ0) is 20.2. The maximum atomic E-state index is 12.1.